The lowest BCUT2D eigenvalue weighted by Gasteiger charge is -2.10. The number of aromatic nitrogens is 2. The third kappa shape index (κ3) is 3.82. The molecule has 0 saturated carbocycles. The van der Waals surface area contributed by atoms with Crippen LogP contribution in [0.2, 0.25) is 0 Å². The van der Waals surface area contributed by atoms with Gasteiger partial charge in [0, 0.05) is 12.7 Å². The molecule has 3 aromatic rings. The van der Waals surface area contributed by atoms with Gasteiger partial charge in [-0.3, -0.25) is 14.0 Å². The third-order valence-electron chi connectivity index (χ3n) is 3.81. The molecule has 0 aliphatic heterocycles. The molecule has 7 nitrogen and oxygen atoms in total. The predicted octanol–water partition coefficient (Wildman–Crippen LogP) is 2.90. The molecule has 0 radical (unpaired) electrons. The van der Waals surface area contributed by atoms with Gasteiger partial charge in [0.25, 0.3) is 11.8 Å². The van der Waals surface area contributed by atoms with Gasteiger partial charge in [-0.2, -0.15) is 0 Å². The number of nitrogens with zero attached hydrogens (tertiary/aromatic N) is 2. The summed E-state index contributed by atoms with van der Waals surface area (Å²) < 4.78 is 7.12. The summed E-state index contributed by atoms with van der Waals surface area (Å²) in [5, 5.41) is 5.49. The second-order valence-electron chi connectivity index (χ2n) is 5.62. The molecule has 2 aromatic heterocycles. The van der Waals surface area contributed by atoms with Gasteiger partial charge >= 0.3 is 0 Å². The van der Waals surface area contributed by atoms with Crippen LogP contribution in [-0.2, 0) is 0 Å². The first kappa shape index (κ1) is 18.2. The number of benzene rings is 1. The average molecular weight is 364 g/mol. The summed E-state index contributed by atoms with van der Waals surface area (Å²) in [5.74, 6) is -0.127. The Balaban J connectivity index is 1.96. The lowest BCUT2D eigenvalue weighted by Crippen LogP contribution is -2.24. The van der Waals surface area contributed by atoms with E-state index in [1.807, 2.05) is 13.0 Å². The van der Waals surface area contributed by atoms with E-state index in [1.54, 1.807) is 53.1 Å². The van der Waals surface area contributed by atoms with Crippen molar-refractivity contribution in [2.45, 2.75) is 6.92 Å². The quantitative estimate of drug-likeness (QED) is 0.631. The first-order chi connectivity index (χ1) is 13.2. The number of para-hydroxylation sites is 2. The third-order valence-corrected chi connectivity index (χ3v) is 3.81. The number of amides is 2. The molecule has 27 heavy (non-hydrogen) atoms. The molecule has 0 aliphatic carbocycles. The fourth-order valence-electron chi connectivity index (χ4n) is 2.64. The molecule has 0 atom stereocenters. The molecule has 138 valence electrons. The van der Waals surface area contributed by atoms with Crippen LogP contribution >= 0.6 is 0 Å². The first-order valence-corrected chi connectivity index (χ1v) is 8.55. The van der Waals surface area contributed by atoms with Crippen LogP contribution in [0.3, 0.4) is 0 Å². The van der Waals surface area contributed by atoms with Gasteiger partial charge in [0.2, 0.25) is 5.82 Å². The molecule has 0 bridgehead atoms. The molecule has 0 fully saturated rings. The van der Waals surface area contributed by atoms with Crippen molar-refractivity contribution in [2.75, 3.05) is 18.5 Å². The highest BCUT2D eigenvalue weighted by atomic mass is 16.5. The molecule has 7 heteroatoms. The predicted molar refractivity (Wildman–Crippen MR) is 103 cm³/mol. The van der Waals surface area contributed by atoms with Crippen molar-refractivity contribution in [1.29, 1.82) is 0 Å². The number of imidazole rings is 1. The molecule has 2 amide bonds. The largest absolute Gasteiger partial charge is 0.492 e. The fraction of sp³-hybridized carbons (Fsp3) is 0.150. The van der Waals surface area contributed by atoms with Gasteiger partial charge < -0.3 is 15.4 Å². The van der Waals surface area contributed by atoms with Crippen molar-refractivity contribution in [3.63, 3.8) is 0 Å². The lowest BCUT2D eigenvalue weighted by atomic mass is 10.3. The lowest BCUT2D eigenvalue weighted by molar-refractivity contribution is 0.0955. The van der Waals surface area contributed by atoms with Gasteiger partial charge in [-0.1, -0.05) is 24.3 Å². The summed E-state index contributed by atoms with van der Waals surface area (Å²) in [6, 6.07) is 12.4. The topological polar surface area (TPSA) is 84.7 Å². The zero-order chi connectivity index (χ0) is 19.2. The molecule has 3 rings (SSSR count). The van der Waals surface area contributed by atoms with Crippen LogP contribution in [-0.4, -0.2) is 34.4 Å². The van der Waals surface area contributed by atoms with Gasteiger partial charge in [0.15, 0.2) is 5.69 Å². The molecule has 0 spiro atoms. The number of anilines is 1. The Hall–Kier alpha value is -3.61. The molecule has 1 aromatic carbocycles. The molecule has 0 saturated heterocycles. The zero-order valence-electron chi connectivity index (χ0n) is 14.9. The molecule has 0 unspecified atom stereocenters. The van der Waals surface area contributed by atoms with Crippen LogP contribution in [0.15, 0.2) is 61.3 Å². The molecule has 0 aliphatic rings. The second kappa shape index (κ2) is 8.18. The smallest absolute Gasteiger partial charge is 0.292 e. The van der Waals surface area contributed by atoms with Crippen molar-refractivity contribution in [3.05, 3.63) is 72.8 Å². The van der Waals surface area contributed by atoms with E-state index in [-0.39, 0.29) is 17.4 Å². The minimum atomic E-state index is -0.439. The highest BCUT2D eigenvalue weighted by Crippen LogP contribution is 2.24. The molecular formula is C20H20N4O3. The number of pyridine rings is 1. The van der Waals surface area contributed by atoms with E-state index in [0.29, 0.717) is 30.1 Å². The van der Waals surface area contributed by atoms with Crippen molar-refractivity contribution in [2.24, 2.45) is 0 Å². The maximum absolute atomic E-state index is 12.8. The van der Waals surface area contributed by atoms with E-state index in [4.69, 9.17) is 4.74 Å². The van der Waals surface area contributed by atoms with Crippen molar-refractivity contribution >= 4 is 23.0 Å². The summed E-state index contributed by atoms with van der Waals surface area (Å²) in [6.07, 6.45) is 3.27. The maximum Gasteiger partial charge on any atom is 0.292 e. The van der Waals surface area contributed by atoms with Crippen LogP contribution in [0.25, 0.3) is 5.52 Å². The van der Waals surface area contributed by atoms with E-state index in [2.05, 4.69) is 22.2 Å². The van der Waals surface area contributed by atoms with Gasteiger partial charge in [-0.05, 0) is 31.2 Å². The summed E-state index contributed by atoms with van der Waals surface area (Å²) in [4.78, 5) is 29.5. The van der Waals surface area contributed by atoms with E-state index in [9.17, 15) is 9.59 Å². The minimum Gasteiger partial charge on any atom is -0.492 e. The zero-order valence-corrected chi connectivity index (χ0v) is 14.9. The standard InChI is InChI=1S/C20H20N4O3/c1-3-12-21-19(25)17-15-10-7-8-13-24(15)18(23-17)20(26)22-14-9-5-6-11-16(14)27-4-2/h3,5-11,13H,1,4,12H2,2H3,(H,21,25)(H,22,26). The fourth-order valence-corrected chi connectivity index (χ4v) is 2.64. The van der Waals surface area contributed by atoms with Crippen LogP contribution < -0.4 is 15.4 Å². The van der Waals surface area contributed by atoms with Crippen molar-refractivity contribution in [3.8, 4) is 5.75 Å². The highest BCUT2D eigenvalue weighted by Gasteiger charge is 2.21. The summed E-state index contributed by atoms with van der Waals surface area (Å²) in [7, 11) is 0. The van der Waals surface area contributed by atoms with Gasteiger partial charge in [0.05, 0.1) is 17.8 Å². The number of hydrogen-bond donors (Lipinski definition) is 2. The Morgan fingerprint density at radius 3 is 2.74 bits per heavy atom. The van der Waals surface area contributed by atoms with E-state index < -0.39 is 5.91 Å². The Bertz CT molecular complexity index is 994. The number of rotatable bonds is 7. The average Bonchev–Trinajstić information content (AvgIpc) is 3.08. The number of ether oxygens (including phenoxy) is 1. The van der Waals surface area contributed by atoms with E-state index >= 15 is 0 Å². The van der Waals surface area contributed by atoms with E-state index in [0.717, 1.165) is 0 Å². The van der Waals surface area contributed by atoms with Crippen LogP contribution in [0.1, 0.15) is 28.0 Å². The number of hydrogen-bond acceptors (Lipinski definition) is 4. The van der Waals surface area contributed by atoms with Gasteiger partial charge in [-0.15, -0.1) is 6.58 Å². The van der Waals surface area contributed by atoms with Gasteiger partial charge in [0.1, 0.15) is 5.75 Å². The second-order valence-corrected chi connectivity index (χ2v) is 5.62. The monoisotopic (exact) mass is 364 g/mol. The molecule has 2 N–H and O–H groups in total. The maximum atomic E-state index is 12.8. The Morgan fingerprint density at radius 2 is 1.96 bits per heavy atom. The van der Waals surface area contributed by atoms with E-state index in [1.165, 1.54) is 0 Å². The molecule has 2 heterocycles. The number of carbonyl (C=O) groups is 2. The van der Waals surface area contributed by atoms with Crippen molar-refractivity contribution < 1.29 is 14.3 Å². The normalized spacial score (nSPS) is 10.4. The first-order valence-electron chi connectivity index (χ1n) is 8.55. The number of fused-ring (bicyclic) bond motifs is 1. The Labute approximate surface area is 156 Å². The highest BCUT2D eigenvalue weighted by molar-refractivity contribution is 6.06. The van der Waals surface area contributed by atoms with Crippen molar-refractivity contribution in [1.82, 2.24) is 14.7 Å². The number of carbonyl (C=O) groups excluding carboxylic acids is 2. The molecular weight excluding hydrogens is 344 g/mol. The summed E-state index contributed by atoms with van der Waals surface area (Å²) >= 11 is 0. The Kier molecular flexibility index (Phi) is 5.51. The van der Waals surface area contributed by atoms with Gasteiger partial charge in [-0.25, -0.2) is 4.98 Å². The van der Waals surface area contributed by atoms with Crippen LogP contribution in [0.4, 0.5) is 5.69 Å². The SMILES string of the molecule is C=CCNC(=O)c1nc(C(=O)Nc2ccccc2OCC)n2ccccc12. The summed E-state index contributed by atoms with van der Waals surface area (Å²) in [6.45, 7) is 6.24. The number of nitrogens with one attached hydrogen (secondary N) is 2. The van der Waals surface area contributed by atoms with Crippen LogP contribution in [0, 0.1) is 0 Å². The Morgan fingerprint density at radius 1 is 1.19 bits per heavy atom. The minimum absolute atomic E-state index is 0.112. The van der Waals surface area contributed by atoms with Crippen LogP contribution in [0.5, 0.6) is 5.75 Å². The summed E-state index contributed by atoms with van der Waals surface area (Å²) in [5.41, 5.74) is 1.26.